The maximum Gasteiger partial charge on any atom is 0.327 e. The highest BCUT2D eigenvalue weighted by atomic mass is 16.5. The molecule has 1 atom stereocenters. The molecule has 0 spiro atoms. The van der Waals surface area contributed by atoms with E-state index >= 15 is 0 Å². The highest BCUT2D eigenvalue weighted by Gasteiger charge is 2.32. The van der Waals surface area contributed by atoms with Crippen LogP contribution in [0.1, 0.15) is 61.6 Å². The molecule has 0 saturated heterocycles. The highest BCUT2D eigenvalue weighted by molar-refractivity contribution is 5.78. The third-order valence-electron chi connectivity index (χ3n) is 4.52. The minimum Gasteiger partial charge on any atom is -0.468 e. The third kappa shape index (κ3) is 2.88. The van der Waals surface area contributed by atoms with Crippen LogP contribution in [-0.4, -0.2) is 19.1 Å². The number of rotatable bonds is 5. The summed E-state index contributed by atoms with van der Waals surface area (Å²) in [6.45, 7) is 0. The summed E-state index contributed by atoms with van der Waals surface area (Å²) in [5, 5.41) is 3.53. The van der Waals surface area contributed by atoms with Crippen LogP contribution in [0, 0.1) is 0 Å². The topological polar surface area (TPSA) is 38.3 Å². The van der Waals surface area contributed by atoms with E-state index in [9.17, 15) is 4.79 Å². The first-order valence-corrected chi connectivity index (χ1v) is 7.72. The van der Waals surface area contributed by atoms with Crippen LogP contribution in [0.3, 0.4) is 0 Å². The number of benzene rings is 1. The Bertz CT molecular complexity index is 476. The second-order valence-corrected chi connectivity index (χ2v) is 6.01. The monoisotopic (exact) mass is 273 g/mol. The predicted molar refractivity (Wildman–Crippen MR) is 78.6 cm³/mol. The van der Waals surface area contributed by atoms with Crippen molar-refractivity contribution in [2.45, 2.75) is 56.5 Å². The molecule has 1 aromatic rings. The van der Waals surface area contributed by atoms with Gasteiger partial charge in [-0.1, -0.05) is 37.1 Å². The van der Waals surface area contributed by atoms with Crippen molar-refractivity contribution in [1.29, 1.82) is 0 Å². The average Bonchev–Trinajstić information content (AvgIpc) is 3.21. The molecule has 2 aliphatic carbocycles. The Morgan fingerprint density at radius 2 is 1.90 bits per heavy atom. The summed E-state index contributed by atoms with van der Waals surface area (Å²) < 4.78 is 5.03. The van der Waals surface area contributed by atoms with E-state index in [1.54, 1.807) is 0 Å². The zero-order chi connectivity index (χ0) is 13.9. The van der Waals surface area contributed by atoms with Crippen molar-refractivity contribution in [3.05, 3.63) is 35.4 Å². The first-order chi connectivity index (χ1) is 9.79. The Balaban J connectivity index is 1.85. The third-order valence-corrected chi connectivity index (χ3v) is 4.52. The molecular formula is C17H23NO2. The fourth-order valence-corrected chi connectivity index (χ4v) is 3.27. The number of esters is 1. The molecule has 0 radical (unpaired) electrons. The van der Waals surface area contributed by atoms with Crippen LogP contribution in [0.2, 0.25) is 0 Å². The molecule has 3 nitrogen and oxygen atoms in total. The molecule has 20 heavy (non-hydrogen) atoms. The summed E-state index contributed by atoms with van der Waals surface area (Å²) in [7, 11) is 1.48. The smallest absolute Gasteiger partial charge is 0.327 e. The van der Waals surface area contributed by atoms with E-state index in [0.717, 1.165) is 5.56 Å². The lowest BCUT2D eigenvalue weighted by atomic mass is 9.96. The normalized spacial score (nSPS) is 20.9. The SMILES string of the molecule is COC(=O)C(NC1CCCC1)c1ccccc1C1CC1. The molecule has 1 aromatic carbocycles. The number of methoxy groups -OCH3 is 1. The van der Waals surface area contributed by atoms with Gasteiger partial charge in [0.1, 0.15) is 6.04 Å². The summed E-state index contributed by atoms with van der Waals surface area (Å²) >= 11 is 0. The Labute approximate surface area is 120 Å². The van der Waals surface area contributed by atoms with Crippen molar-refractivity contribution in [3.63, 3.8) is 0 Å². The lowest BCUT2D eigenvalue weighted by molar-refractivity contribution is -0.143. The molecule has 0 bridgehead atoms. The summed E-state index contributed by atoms with van der Waals surface area (Å²) in [5.41, 5.74) is 2.45. The highest BCUT2D eigenvalue weighted by Crippen LogP contribution is 2.43. The zero-order valence-electron chi connectivity index (χ0n) is 12.1. The lowest BCUT2D eigenvalue weighted by Crippen LogP contribution is -2.36. The second-order valence-electron chi connectivity index (χ2n) is 6.01. The summed E-state index contributed by atoms with van der Waals surface area (Å²) in [5.74, 6) is 0.480. The van der Waals surface area contributed by atoms with Crippen LogP contribution in [-0.2, 0) is 9.53 Å². The first-order valence-electron chi connectivity index (χ1n) is 7.72. The number of nitrogens with one attached hydrogen (secondary N) is 1. The van der Waals surface area contributed by atoms with Crippen LogP contribution in [0.15, 0.2) is 24.3 Å². The summed E-state index contributed by atoms with van der Waals surface area (Å²) in [6, 6.07) is 8.48. The van der Waals surface area contributed by atoms with E-state index < -0.39 is 0 Å². The molecule has 2 fully saturated rings. The van der Waals surface area contributed by atoms with Gasteiger partial charge in [-0.3, -0.25) is 5.32 Å². The number of ether oxygens (including phenoxy) is 1. The van der Waals surface area contributed by atoms with Crippen molar-refractivity contribution in [3.8, 4) is 0 Å². The fraction of sp³-hybridized carbons (Fsp3) is 0.588. The van der Waals surface area contributed by atoms with E-state index in [1.165, 1.54) is 51.2 Å². The maximum atomic E-state index is 12.2. The fourth-order valence-electron chi connectivity index (χ4n) is 3.27. The van der Waals surface area contributed by atoms with Gasteiger partial charge < -0.3 is 4.74 Å². The number of hydrogen-bond acceptors (Lipinski definition) is 3. The average molecular weight is 273 g/mol. The Hall–Kier alpha value is -1.35. The summed E-state index contributed by atoms with van der Waals surface area (Å²) in [4.78, 5) is 12.2. The molecule has 2 aliphatic rings. The lowest BCUT2D eigenvalue weighted by Gasteiger charge is -2.23. The predicted octanol–water partition coefficient (Wildman–Crippen LogP) is 3.31. The van der Waals surface area contributed by atoms with Gasteiger partial charge in [-0.15, -0.1) is 0 Å². The van der Waals surface area contributed by atoms with Crippen LogP contribution in [0.25, 0.3) is 0 Å². The van der Waals surface area contributed by atoms with Gasteiger partial charge in [-0.05, 0) is 42.7 Å². The van der Waals surface area contributed by atoms with E-state index in [4.69, 9.17) is 4.74 Å². The largest absolute Gasteiger partial charge is 0.468 e. The Morgan fingerprint density at radius 3 is 2.55 bits per heavy atom. The zero-order valence-corrected chi connectivity index (χ0v) is 12.1. The standard InChI is InChI=1S/C17H23NO2/c1-20-17(19)16(18-13-6-2-3-7-13)15-9-5-4-8-14(15)12-10-11-12/h4-5,8-9,12-13,16,18H,2-3,6-7,10-11H2,1H3. The Morgan fingerprint density at radius 1 is 1.20 bits per heavy atom. The molecule has 0 amide bonds. The molecule has 0 aliphatic heterocycles. The number of carbonyl (C=O) groups is 1. The molecule has 3 heteroatoms. The van der Waals surface area contributed by atoms with Gasteiger partial charge in [0.25, 0.3) is 0 Å². The molecule has 2 saturated carbocycles. The summed E-state index contributed by atoms with van der Waals surface area (Å²) in [6.07, 6.45) is 7.34. The second kappa shape index (κ2) is 5.96. The van der Waals surface area contributed by atoms with Gasteiger partial charge in [0, 0.05) is 6.04 Å². The first kappa shape index (κ1) is 13.6. The Kier molecular flexibility index (Phi) is 4.06. The maximum absolute atomic E-state index is 12.2. The van der Waals surface area contributed by atoms with Gasteiger partial charge in [0.05, 0.1) is 7.11 Å². The number of hydrogen-bond donors (Lipinski definition) is 1. The molecule has 108 valence electrons. The molecule has 1 unspecified atom stereocenters. The quantitative estimate of drug-likeness (QED) is 0.836. The van der Waals surface area contributed by atoms with Crippen molar-refractivity contribution in [2.75, 3.05) is 7.11 Å². The molecule has 1 N–H and O–H groups in total. The van der Waals surface area contributed by atoms with Gasteiger partial charge in [0.15, 0.2) is 0 Å². The van der Waals surface area contributed by atoms with Crippen molar-refractivity contribution < 1.29 is 9.53 Å². The van der Waals surface area contributed by atoms with Crippen molar-refractivity contribution in [1.82, 2.24) is 5.32 Å². The molecule has 3 rings (SSSR count). The van der Waals surface area contributed by atoms with E-state index in [0.29, 0.717) is 12.0 Å². The molecular weight excluding hydrogens is 250 g/mol. The van der Waals surface area contributed by atoms with Crippen molar-refractivity contribution >= 4 is 5.97 Å². The van der Waals surface area contributed by atoms with Crippen LogP contribution in [0.4, 0.5) is 0 Å². The van der Waals surface area contributed by atoms with Gasteiger partial charge in [0.2, 0.25) is 0 Å². The van der Waals surface area contributed by atoms with Crippen LogP contribution < -0.4 is 5.32 Å². The minimum absolute atomic E-state index is 0.162. The van der Waals surface area contributed by atoms with Crippen molar-refractivity contribution in [2.24, 2.45) is 0 Å². The van der Waals surface area contributed by atoms with Gasteiger partial charge >= 0.3 is 5.97 Å². The minimum atomic E-state index is -0.306. The molecule has 0 heterocycles. The van der Waals surface area contributed by atoms with Crippen LogP contribution in [0.5, 0.6) is 0 Å². The van der Waals surface area contributed by atoms with Gasteiger partial charge in [-0.25, -0.2) is 4.79 Å². The molecule has 0 aromatic heterocycles. The van der Waals surface area contributed by atoms with E-state index in [-0.39, 0.29) is 12.0 Å². The van der Waals surface area contributed by atoms with Crippen LogP contribution >= 0.6 is 0 Å². The van der Waals surface area contributed by atoms with E-state index in [2.05, 4.69) is 23.5 Å². The van der Waals surface area contributed by atoms with Gasteiger partial charge in [-0.2, -0.15) is 0 Å². The number of carbonyl (C=O) groups excluding carboxylic acids is 1. The van der Waals surface area contributed by atoms with E-state index in [1.807, 2.05) is 6.07 Å².